The maximum Gasteiger partial charge on any atom is 0.275 e. The molecule has 0 saturated heterocycles. The van der Waals surface area contributed by atoms with Gasteiger partial charge >= 0.3 is 0 Å². The van der Waals surface area contributed by atoms with Gasteiger partial charge < -0.3 is 5.32 Å². The van der Waals surface area contributed by atoms with Crippen LogP contribution in [0.3, 0.4) is 0 Å². The van der Waals surface area contributed by atoms with Gasteiger partial charge in [0, 0.05) is 17.1 Å². The van der Waals surface area contributed by atoms with Crippen LogP contribution >= 0.6 is 11.6 Å². The molecule has 2 heterocycles. The molecule has 0 unspecified atom stereocenters. The number of sulfonamides is 1. The average Bonchev–Trinajstić information content (AvgIpc) is 2.85. The van der Waals surface area contributed by atoms with Crippen LogP contribution in [0.5, 0.6) is 0 Å². The molecule has 0 aliphatic heterocycles. The molecule has 0 fully saturated rings. The number of anilines is 2. The van der Waals surface area contributed by atoms with Crippen LogP contribution in [0.2, 0.25) is 5.02 Å². The van der Waals surface area contributed by atoms with E-state index in [-0.39, 0.29) is 33.0 Å². The first-order valence-corrected chi connectivity index (χ1v) is 14.9. The third kappa shape index (κ3) is 6.74. The minimum absolute atomic E-state index is 0.0588. The SMILES string of the molecule is Cc1cc(C)nc(NS(=O)(=O)c2ccc(NC(=O)c3nc(S(=O)(=O)Cc4ccccc4C)ncc3Cl)cc2)n1. The van der Waals surface area contributed by atoms with Crippen LogP contribution in [0.1, 0.15) is 33.0 Å². The van der Waals surface area contributed by atoms with E-state index in [1.807, 2.05) is 0 Å². The lowest BCUT2D eigenvalue weighted by Gasteiger charge is -2.10. The van der Waals surface area contributed by atoms with E-state index in [9.17, 15) is 21.6 Å². The van der Waals surface area contributed by atoms with Crippen molar-refractivity contribution in [3.63, 3.8) is 0 Å². The molecule has 4 rings (SSSR count). The van der Waals surface area contributed by atoms with E-state index in [1.54, 1.807) is 51.1 Å². The molecule has 0 saturated carbocycles. The molecule has 0 aliphatic rings. The number of halogens is 1. The fourth-order valence-electron chi connectivity index (χ4n) is 3.56. The second-order valence-electron chi connectivity index (χ2n) is 8.59. The summed E-state index contributed by atoms with van der Waals surface area (Å²) >= 11 is 6.10. The molecule has 2 N–H and O–H groups in total. The zero-order valence-corrected chi connectivity index (χ0v) is 23.4. The van der Waals surface area contributed by atoms with Gasteiger partial charge in [-0.25, -0.2) is 41.5 Å². The van der Waals surface area contributed by atoms with Crippen molar-refractivity contribution in [2.45, 2.75) is 36.6 Å². The summed E-state index contributed by atoms with van der Waals surface area (Å²) < 4.78 is 53.7. The second kappa shape index (κ2) is 11.0. The van der Waals surface area contributed by atoms with Gasteiger partial charge in [0.05, 0.1) is 21.9 Å². The first kappa shape index (κ1) is 28.1. The van der Waals surface area contributed by atoms with Crippen LogP contribution in [-0.4, -0.2) is 42.7 Å². The van der Waals surface area contributed by atoms with Gasteiger partial charge in [0.1, 0.15) is 0 Å². The van der Waals surface area contributed by atoms with Crippen LogP contribution in [-0.2, 0) is 25.6 Å². The third-order valence-electron chi connectivity index (χ3n) is 5.45. The van der Waals surface area contributed by atoms with Gasteiger partial charge in [0.15, 0.2) is 5.69 Å². The highest BCUT2D eigenvalue weighted by Gasteiger charge is 2.24. The van der Waals surface area contributed by atoms with Gasteiger partial charge in [-0.05, 0) is 62.2 Å². The third-order valence-corrected chi connectivity index (χ3v) is 8.52. The smallest absolute Gasteiger partial charge is 0.275 e. The monoisotopic (exact) mass is 586 g/mol. The molecular weight excluding hydrogens is 564 g/mol. The number of nitrogens with one attached hydrogen (secondary N) is 2. The minimum Gasteiger partial charge on any atom is -0.321 e. The summed E-state index contributed by atoms with van der Waals surface area (Å²) in [5.74, 6) is -1.21. The molecule has 2 aromatic carbocycles. The Morgan fingerprint density at radius 3 is 2.18 bits per heavy atom. The normalized spacial score (nSPS) is 11.7. The van der Waals surface area contributed by atoms with Crippen molar-refractivity contribution in [1.29, 1.82) is 0 Å². The van der Waals surface area contributed by atoms with Gasteiger partial charge in [0.2, 0.25) is 20.9 Å². The quantitative estimate of drug-likeness (QED) is 0.292. The number of amides is 1. The Labute approximate surface area is 230 Å². The van der Waals surface area contributed by atoms with E-state index < -0.39 is 30.9 Å². The van der Waals surface area contributed by atoms with Gasteiger partial charge in [-0.15, -0.1) is 0 Å². The average molecular weight is 587 g/mol. The number of rotatable bonds is 8. The molecule has 0 aliphatic carbocycles. The number of sulfone groups is 1. The lowest BCUT2D eigenvalue weighted by molar-refractivity contribution is 0.102. The zero-order chi connectivity index (χ0) is 28.4. The van der Waals surface area contributed by atoms with Gasteiger partial charge in [0.25, 0.3) is 15.9 Å². The lowest BCUT2D eigenvalue weighted by atomic mass is 10.1. The largest absolute Gasteiger partial charge is 0.321 e. The summed E-state index contributed by atoms with van der Waals surface area (Å²) in [5.41, 5.74) is 2.45. The first-order chi connectivity index (χ1) is 18.3. The van der Waals surface area contributed by atoms with E-state index in [0.717, 1.165) is 11.8 Å². The van der Waals surface area contributed by atoms with E-state index in [4.69, 9.17) is 11.6 Å². The van der Waals surface area contributed by atoms with Crippen LogP contribution in [0.15, 0.2) is 70.8 Å². The molecule has 4 aromatic rings. The van der Waals surface area contributed by atoms with Crippen LogP contribution in [0.4, 0.5) is 11.6 Å². The van der Waals surface area contributed by atoms with Crippen molar-refractivity contribution in [2.24, 2.45) is 0 Å². The van der Waals surface area contributed by atoms with Gasteiger partial charge in [-0.1, -0.05) is 35.9 Å². The summed E-state index contributed by atoms with van der Waals surface area (Å²) in [7, 11) is -7.98. The first-order valence-electron chi connectivity index (χ1n) is 11.4. The lowest BCUT2D eigenvalue weighted by Crippen LogP contribution is -2.18. The summed E-state index contributed by atoms with van der Waals surface area (Å²) in [5, 5.41) is 1.84. The second-order valence-corrected chi connectivity index (χ2v) is 12.6. The van der Waals surface area contributed by atoms with Crippen molar-refractivity contribution in [1.82, 2.24) is 19.9 Å². The molecule has 0 spiro atoms. The Bertz CT molecular complexity index is 1760. The molecule has 39 heavy (non-hydrogen) atoms. The molecule has 0 bridgehead atoms. The zero-order valence-electron chi connectivity index (χ0n) is 21.0. The Kier molecular flexibility index (Phi) is 7.95. The fourth-order valence-corrected chi connectivity index (χ4v) is 5.99. The number of hydrogen-bond donors (Lipinski definition) is 2. The maximum atomic E-state index is 12.9. The van der Waals surface area contributed by atoms with Crippen molar-refractivity contribution in [2.75, 3.05) is 10.0 Å². The Morgan fingerprint density at radius 1 is 0.897 bits per heavy atom. The molecule has 11 nitrogen and oxygen atoms in total. The highest BCUT2D eigenvalue weighted by atomic mass is 35.5. The van der Waals surface area contributed by atoms with Crippen molar-refractivity contribution in [3.05, 3.63) is 94.0 Å². The number of aryl methyl sites for hydroxylation is 3. The highest BCUT2D eigenvalue weighted by molar-refractivity contribution is 7.92. The molecule has 2 aromatic heterocycles. The predicted octanol–water partition coefficient (Wildman–Crippen LogP) is 3.87. The molecule has 202 valence electrons. The van der Waals surface area contributed by atoms with Crippen molar-refractivity contribution < 1.29 is 21.6 Å². The van der Waals surface area contributed by atoms with Gasteiger partial charge in [-0.2, -0.15) is 0 Å². The molecule has 14 heteroatoms. The number of benzene rings is 2. The number of carbonyl (C=O) groups is 1. The summed E-state index contributed by atoms with van der Waals surface area (Å²) in [4.78, 5) is 28.7. The van der Waals surface area contributed by atoms with E-state index in [1.165, 1.54) is 24.3 Å². The summed E-state index contributed by atoms with van der Waals surface area (Å²) in [6.45, 7) is 5.23. The summed E-state index contributed by atoms with van der Waals surface area (Å²) in [6, 6.07) is 14.0. The Morgan fingerprint density at radius 2 is 1.54 bits per heavy atom. The Balaban J connectivity index is 1.51. The number of hydrogen-bond acceptors (Lipinski definition) is 9. The Hall–Kier alpha value is -3.94. The number of carbonyl (C=O) groups excluding carboxylic acids is 1. The topological polar surface area (TPSA) is 161 Å². The molecule has 0 radical (unpaired) electrons. The van der Waals surface area contributed by atoms with Crippen LogP contribution < -0.4 is 10.0 Å². The van der Waals surface area contributed by atoms with E-state index in [2.05, 4.69) is 30.0 Å². The maximum absolute atomic E-state index is 12.9. The molecule has 1 amide bonds. The molecular formula is C25H23ClN6O5S2. The van der Waals surface area contributed by atoms with E-state index >= 15 is 0 Å². The van der Waals surface area contributed by atoms with Crippen molar-refractivity contribution >= 4 is 49.0 Å². The predicted molar refractivity (Wildman–Crippen MR) is 146 cm³/mol. The molecule has 0 atom stereocenters. The highest BCUT2D eigenvalue weighted by Crippen LogP contribution is 2.22. The minimum atomic E-state index is -4.00. The standard InChI is InChI=1S/C25H23ClN6O5S2/c1-15-6-4-5-7-18(15)14-38(34,35)25-27-13-21(26)22(31-25)23(33)30-19-8-10-20(11-9-19)39(36,37)32-24-28-16(2)12-17(3)29-24/h4-13H,14H2,1-3H3,(H,30,33)(H,28,29,32). The number of nitrogens with zero attached hydrogens (tertiary/aromatic N) is 4. The van der Waals surface area contributed by atoms with Gasteiger partial charge in [-0.3, -0.25) is 4.79 Å². The van der Waals surface area contributed by atoms with Crippen LogP contribution in [0, 0.1) is 20.8 Å². The fraction of sp³-hybridized carbons (Fsp3) is 0.160. The van der Waals surface area contributed by atoms with Crippen molar-refractivity contribution in [3.8, 4) is 0 Å². The summed E-state index contributed by atoms with van der Waals surface area (Å²) in [6.07, 6.45) is 1.05. The number of aromatic nitrogens is 4. The van der Waals surface area contributed by atoms with Crippen LogP contribution in [0.25, 0.3) is 0 Å². The van der Waals surface area contributed by atoms with E-state index in [0.29, 0.717) is 17.0 Å².